The first kappa shape index (κ1) is 25.8. The number of amides is 1. The highest BCUT2D eigenvalue weighted by atomic mass is 16.5. The summed E-state index contributed by atoms with van der Waals surface area (Å²) in [6.45, 7) is 5.89. The number of carbonyl (C=O) groups is 2. The zero-order valence-electron chi connectivity index (χ0n) is 21.6. The van der Waals surface area contributed by atoms with E-state index in [1.165, 1.54) is 12.0 Å². The Hall–Kier alpha value is -4.26. The third kappa shape index (κ3) is 5.31. The van der Waals surface area contributed by atoms with Gasteiger partial charge in [0, 0.05) is 6.54 Å². The van der Waals surface area contributed by atoms with Crippen LogP contribution in [0.3, 0.4) is 0 Å². The molecule has 3 aromatic rings. The van der Waals surface area contributed by atoms with Gasteiger partial charge >= 0.3 is 0 Å². The molecular weight excluding hydrogens is 470 g/mol. The van der Waals surface area contributed by atoms with Crippen molar-refractivity contribution in [2.24, 2.45) is 0 Å². The Kier molecular flexibility index (Phi) is 7.53. The first-order chi connectivity index (χ1) is 17.7. The van der Waals surface area contributed by atoms with Gasteiger partial charge in [-0.1, -0.05) is 35.9 Å². The van der Waals surface area contributed by atoms with Crippen molar-refractivity contribution in [1.29, 1.82) is 0 Å². The van der Waals surface area contributed by atoms with Crippen LogP contribution in [0.2, 0.25) is 0 Å². The van der Waals surface area contributed by atoms with Crippen LogP contribution in [0.4, 0.5) is 0 Å². The molecule has 0 spiro atoms. The third-order valence-electron chi connectivity index (χ3n) is 6.21. The molecule has 1 fully saturated rings. The second-order valence-electron chi connectivity index (χ2n) is 9.22. The molecule has 0 bridgehead atoms. The number of hydrogen-bond acceptors (Lipinski definition) is 6. The molecule has 3 aromatic carbocycles. The molecule has 0 aromatic heterocycles. The maximum atomic E-state index is 13.5. The zero-order chi connectivity index (χ0) is 26.7. The topological polar surface area (TPSA) is 85.3 Å². The molecule has 1 heterocycles. The van der Waals surface area contributed by atoms with Crippen molar-refractivity contribution in [1.82, 2.24) is 4.90 Å². The number of nitrogens with zero attached hydrogens (tertiary/aromatic N) is 1. The van der Waals surface area contributed by atoms with Gasteiger partial charge in [-0.15, -0.1) is 0 Å². The summed E-state index contributed by atoms with van der Waals surface area (Å²) in [6, 6.07) is 19.0. The van der Waals surface area contributed by atoms with Crippen LogP contribution in [-0.4, -0.2) is 42.0 Å². The Balaban J connectivity index is 1.88. The summed E-state index contributed by atoms with van der Waals surface area (Å²) in [5, 5.41) is 11.5. The van der Waals surface area contributed by atoms with Crippen molar-refractivity contribution in [3.05, 3.63) is 94.6 Å². The summed E-state index contributed by atoms with van der Waals surface area (Å²) < 4.78 is 16.6. The number of ether oxygens (including phenoxy) is 3. The van der Waals surface area contributed by atoms with Gasteiger partial charge in [0.15, 0.2) is 0 Å². The number of likely N-dealkylation sites (tertiary alicyclic amines) is 1. The molecule has 4 rings (SSSR count). The quantitative estimate of drug-likeness (QED) is 0.252. The van der Waals surface area contributed by atoms with E-state index in [4.69, 9.17) is 14.2 Å². The number of hydrogen-bond donors (Lipinski definition) is 1. The normalized spacial score (nSPS) is 16.8. The molecule has 7 nitrogen and oxygen atoms in total. The van der Waals surface area contributed by atoms with E-state index in [0.717, 1.165) is 11.1 Å². The minimum atomic E-state index is -0.831. The molecule has 1 unspecified atom stereocenters. The van der Waals surface area contributed by atoms with E-state index in [9.17, 15) is 14.7 Å². The van der Waals surface area contributed by atoms with Gasteiger partial charge in [0.25, 0.3) is 11.7 Å². The number of carbonyl (C=O) groups excluding carboxylic acids is 2. The largest absolute Gasteiger partial charge is 0.507 e. The highest BCUT2D eigenvalue weighted by Crippen LogP contribution is 2.42. The lowest BCUT2D eigenvalue weighted by atomic mass is 9.94. The van der Waals surface area contributed by atoms with Crippen molar-refractivity contribution in [2.45, 2.75) is 39.5 Å². The Bertz CT molecular complexity index is 1340. The van der Waals surface area contributed by atoms with Crippen LogP contribution >= 0.6 is 0 Å². The van der Waals surface area contributed by atoms with Gasteiger partial charge in [-0.3, -0.25) is 9.59 Å². The van der Waals surface area contributed by atoms with Crippen LogP contribution < -0.4 is 14.2 Å². The Morgan fingerprint density at radius 1 is 0.946 bits per heavy atom. The van der Waals surface area contributed by atoms with Gasteiger partial charge < -0.3 is 24.2 Å². The predicted octanol–water partition coefficient (Wildman–Crippen LogP) is 5.42. The minimum absolute atomic E-state index is 0.00380. The van der Waals surface area contributed by atoms with Crippen LogP contribution in [0, 0.1) is 6.92 Å². The van der Waals surface area contributed by atoms with E-state index < -0.39 is 17.7 Å². The summed E-state index contributed by atoms with van der Waals surface area (Å²) in [4.78, 5) is 28.3. The molecule has 0 saturated carbocycles. The number of aliphatic hydroxyl groups is 1. The van der Waals surface area contributed by atoms with Crippen LogP contribution in [-0.2, 0) is 16.1 Å². The maximum Gasteiger partial charge on any atom is 0.295 e. The zero-order valence-corrected chi connectivity index (χ0v) is 21.6. The summed E-state index contributed by atoms with van der Waals surface area (Å²) in [6.07, 6.45) is -0.0579. The minimum Gasteiger partial charge on any atom is -0.507 e. The Morgan fingerprint density at radius 2 is 1.68 bits per heavy atom. The summed E-state index contributed by atoms with van der Waals surface area (Å²) >= 11 is 0. The van der Waals surface area contributed by atoms with E-state index >= 15 is 0 Å². The lowest BCUT2D eigenvalue weighted by Gasteiger charge is -2.26. The van der Waals surface area contributed by atoms with Gasteiger partial charge in [-0.25, -0.2) is 0 Å². The average molecular weight is 502 g/mol. The third-order valence-corrected chi connectivity index (χ3v) is 6.21. The van der Waals surface area contributed by atoms with Crippen molar-refractivity contribution in [2.75, 3.05) is 14.2 Å². The number of aryl methyl sites for hydroxylation is 1. The average Bonchev–Trinajstić information content (AvgIpc) is 3.13. The summed E-state index contributed by atoms with van der Waals surface area (Å²) in [7, 11) is 3.08. The highest BCUT2D eigenvalue weighted by molar-refractivity contribution is 6.46. The fraction of sp³-hybridized carbons (Fsp3) is 0.267. The SMILES string of the molecule is COc1ccc(CN2C(=O)C(=O)/C(=C(/O)c3cc(C)ccc3OC)C2c2cccc(OC(C)C)c2)cc1. The molecule has 37 heavy (non-hydrogen) atoms. The van der Waals surface area contributed by atoms with Crippen molar-refractivity contribution >= 4 is 17.4 Å². The second-order valence-corrected chi connectivity index (χ2v) is 9.22. The molecule has 1 aliphatic rings. The summed E-state index contributed by atoms with van der Waals surface area (Å²) in [5.41, 5.74) is 2.70. The molecule has 1 N–H and O–H groups in total. The predicted molar refractivity (Wildman–Crippen MR) is 141 cm³/mol. The lowest BCUT2D eigenvalue weighted by Crippen LogP contribution is -2.29. The van der Waals surface area contributed by atoms with Gasteiger partial charge in [0.1, 0.15) is 23.0 Å². The molecule has 1 saturated heterocycles. The number of ketones is 1. The highest BCUT2D eigenvalue weighted by Gasteiger charge is 2.46. The molecule has 1 aliphatic heterocycles. The van der Waals surface area contributed by atoms with Gasteiger partial charge in [-0.2, -0.15) is 0 Å². The first-order valence-corrected chi connectivity index (χ1v) is 12.1. The molecule has 0 radical (unpaired) electrons. The second kappa shape index (κ2) is 10.8. The van der Waals surface area contributed by atoms with Crippen LogP contribution in [0.5, 0.6) is 17.2 Å². The summed E-state index contributed by atoms with van der Waals surface area (Å²) in [5.74, 6) is -0.0292. The molecular formula is C30H31NO6. The van der Waals surface area contributed by atoms with Crippen molar-refractivity contribution < 1.29 is 28.9 Å². The van der Waals surface area contributed by atoms with Crippen molar-refractivity contribution in [3.8, 4) is 17.2 Å². The van der Waals surface area contributed by atoms with E-state index in [-0.39, 0.29) is 24.0 Å². The van der Waals surface area contributed by atoms with Gasteiger partial charge in [-0.05, 0) is 68.3 Å². The number of benzene rings is 3. The molecule has 1 amide bonds. The van der Waals surface area contributed by atoms with E-state index in [0.29, 0.717) is 28.4 Å². The number of methoxy groups -OCH3 is 2. The Morgan fingerprint density at radius 3 is 2.32 bits per heavy atom. The molecule has 7 heteroatoms. The lowest BCUT2D eigenvalue weighted by molar-refractivity contribution is -0.140. The van der Waals surface area contributed by atoms with Gasteiger partial charge in [0.05, 0.1) is 37.5 Å². The maximum absolute atomic E-state index is 13.5. The van der Waals surface area contributed by atoms with E-state index in [1.54, 1.807) is 37.4 Å². The number of rotatable bonds is 8. The van der Waals surface area contributed by atoms with Crippen LogP contribution in [0.25, 0.3) is 5.76 Å². The van der Waals surface area contributed by atoms with Crippen LogP contribution in [0.15, 0.2) is 72.3 Å². The van der Waals surface area contributed by atoms with E-state index in [2.05, 4.69) is 0 Å². The fourth-order valence-electron chi connectivity index (χ4n) is 4.50. The van der Waals surface area contributed by atoms with Gasteiger partial charge in [0.2, 0.25) is 0 Å². The molecule has 192 valence electrons. The fourth-order valence-corrected chi connectivity index (χ4v) is 4.50. The number of aliphatic hydroxyl groups excluding tert-OH is 1. The monoisotopic (exact) mass is 501 g/mol. The molecule has 0 aliphatic carbocycles. The van der Waals surface area contributed by atoms with Crippen molar-refractivity contribution in [3.63, 3.8) is 0 Å². The molecule has 1 atom stereocenters. The van der Waals surface area contributed by atoms with E-state index in [1.807, 2.05) is 57.2 Å². The first-order valence-electron chi connectivity index (χ1n) is 12.1. The standard InChI is InChI=1S/C30H31NO6/c1-18(2)37-23-8-6-7-21(16-23)27-26(28(32)24-15-19(3)9-14-25(24)36-5)29(33)30(34)31(27)17-20-10-12-22(35-4)13-11-20/h6-16,18,27,32H,17H2,1-5H3/b28-26+. The Labute approximate surface area is 216 Å². The smallest absolute Gasteiger partial charge is 0.295 e. The number of Topliss-reactive ketones (excluding diaryl/α,β-unsaturated/α-hetero) is 1. The van der Waals surface area contributed by atoms with Crippen LogP contribution in [0.1, 0.15) is 42.1 Å².